The Labute approximate surface area is 257 Å². The van der Waals surface area contributed by atoms with Crippen molar-refractivity contribution in [1.82, 2.24) is 0 Å². The number of methoxy groups -OCH3 is 2. The number of alkyl halides is 2. The molecule has 0 unspecified atom stereocenters. The van der Waals surface area contributed by atoms with Crippen molar-refractivity contribution in [3.05, 3.63) is 101 Å². The van der Waals surface area contributed by atoms with Crippen LogP contribution >= 0.6 is 79.6 Å². The minimum Gasteiger partial charge on any atom is -0.478 e. The van der Waals surface area contributed by atoms with Crippen molar-refractivity contribution in [1.29, 1.82) is 0 Å². The summed E-state index contributed by atoms with van der Waals surface area (Å²) < 4.78 is 11.8. The van der Waals surface area contributed by atoms with Crippen molar-refractivity contribution in [2.75, 3.05) is 14.2 Å². The SMILES string of the molecule is Cc1ccc(Br)cc1C(=O)O.Cc1ccc(Br)cc1C(=O)O[13CH3].[13CH3]OC(=O)c1cc(Br)ccc1C(Br)Br. The van der Waals surface area contributed by atoms with Crippen LogP contribution in [0.5, 0.6) is 0 Å². The second-order valence-electron chi connectivity index (χ2n) is 7.24. The molecule has 0 aliphatic heterocycles. The molecule has 6 nitrogen and oxygen atoms in total. The first kappa shape index (κ1) is 33.5. The number of carboxylic acids is 1. The van der Waals surface area contributed by atoms with Gasteiger partial charge in [0.2, 0.25) is 0 Å². The van der Waals surface area contributed by atoms with Crippen LogP contribution in [0.2, 0.25) is 0 Å². The van der Waals surface area contributed by atoms with Gasteiger partial charge in [0, 0.05) is 13.4 Å². The van der Waals surface area contributed by atoms with Gasteiger partial charge in [-0.05, 0) is 66.9 Å². The number of hydrogen-bond donors (Lipinski definition) is 1. The number of carbonyl (C=O) groups is 3. The molecule has 3 rings (SSSR count). The lowest BCUT2D eigenvalue weighted by molar-refractivity contribution is 0.0591. The lowest BCUT2D eigenvalue weighted by atomic mass is 10.1. The Kier molecular flexibility index (Phi) is 14.9. The van der Waals surface area contributed by atoms with Gasteiger partial charge in [-0.2, -0.15) is 0 Å². The second kappa shape index (κ2) is 16.4. The van der Waals surface area contributed by atoms with Gasteiger partial charge in [-0.25, -0.2) is 14.4 Å². The smallest absolute Gasteiger partial charge is 0.338 e. The lowest BCUT2D eigenvalue weighted by Gasteiger charge is -2.08. The number of carbonyl (C=O) groups excluding carboxylic acids is 2. The number of carboxylic acid groups (broad SMARTS) is 1. The van der Waals surface area contributed by atoms with E-state index in [0.717, 1.165) is 30.1 Å². The average Bonchev–Trinajstić information content (AvgIpc) is 2.86. The van der Waals surface area contributed by atoms with E-state index >= 15 is 0 Å². The Morgan fingerprint density at radius 2 is 1.05 bits per heavy atom. The van der Waals surface area contributed by atoms with Gasteiger partial charge in [-0.3, -0.25) is 0 Å². The topological polar surface area (TPSA) is 89.9 Å². The normalized spacial score (nSPS) is 9.89. The minimum atomic E-state index is -0.885. The molecule has 0 spiro atoms. The van der Waals surface area contributed by atoms with Crippen LogP contribution in [0, 0.1) is 13.8 Å². The van der Waals surface area contributed by atoms with Crippen LogP contribution in [0.25, 0.3) is 0 Å². The first-order valence-corrected chi connectivity index (χ1v) is 14.5. The second-order valence-corrected chi connectivity index (χ2v) is 13.0. The Morgan fingerprint density at radius 1 is 0.676 bits per heavy atom. The number of ether oxygens (including phenoxy) is 2. The van der Waals surface area contributed by atoms with Crippen LogP contribution in [-0.4, -0.2) is 37.2 Å². The highest BCUT2D eigenvalue weighted by Gasteiger charge is 2.16. The van der Waals surface area contributed by atoms with E-state index in [1.807, 2.05) is 37.3 Å². The van der Waals surface area contributed by atoms with E-state index in [-0.39, 0.29) is 15.7 Å². The quantitative estimate of drug-likeness (QED) is 0.161. The molecule has 0 fully saturated rings. The Hall–Kier alpha value is -1.53. The number of aromatic carboxylic acids is 1. The van der Waals surface area contributed by atoms with Crippen molar-refractivity contribution >= 4 is 97.6 Å². The molecule has 0 amide bonds. The summed E-state index contributed by atoms with van der Waals surface area (Å²) in [7, 11) is 2.74. The summed E-state index contributed by atoms with van der Waals surface area (Å²) in [6, 6.07) is 16.2. The summed E-state index contributed by atoms with van der Waals surface area (Å²) >= 11 is 16.5. The van der Waals surface area contributed by atoms with Gasteiger partial charge in [0.05, 0.1) is 34.6 Å². The summed E-state index contributed by atoms with van der Waals surface area (Å²) in [5.74, 6) is -1.53. The summed E-state index contributed by atoms with van der Waals surface area (Å²) in [6.45, 7) is 3.65. The van der Waals surface area contributed by atoms with Crippen molar-refractivity contribution < 1.29 is 29.0 Å². The fourth-order valence-electron chi connectivity index (χ4n) is 2.75. The molecule has 198 valence electrons. The fourth-order valence-corrected chi connectivity index (χ4v) is 4.64. The van der Waals surface area contributed by atoms with E-state index in [2.05, 4.69) is 89.1 Å². The number of benzene rings is 3. The first-order chi connectivity index (χ1) is 17.3. The van der Waals surface area contributed by atoms with Gasteiger partial charge in [0.1, 0.15) is 0 Å². The number of aryl methyl sites for hydroxylation is 2. The molecule has 3 aromatic carbocycles. The summed E-state index contributed by atoms with van der Waals surface area (Å²) in [5, 5.41) is 8.67. The van der Waals surface area contributed by atoms with Crippen LogP contribution in [0.1, 0.15) is 51.5 Å². The van der Waals surface area contributed by atoms with E-state index in [4.69, 9.17) is 5.11 Å². The molecule has 0 aliphatic rings. The maximum atomic E-state index is 11.4. The van der Waals surface area contributed by atoms with Gasteiger partial charge in [0.25, 0.3) is 0 Å². The first-order valence-electron chi connectivity index (χ1n) is 10.3. The molecule has 0 heterocycles. The molecule has 11 heteroatoms. The number of hydrogen-bond acceptors (Lipinski definition) is 5. The maximum Gasteiger partial charge on any atom is 0.338 e. The summed E-state index contributed by atoms with van der Waals surface area (Å²) in [5.41, 5.74) is 4.04. The lowest BCUT2D eigenvalue weighted by Crippen LogP contribution is -2.05. The molecule has 0 atom stereocenters. The van der Waals surface area contributed by atoms with Crippen molar-refractivity contribution in [2.24, 2.45) is 0 Å². The van der Waals surface area contributed by atoms with E-state index in [1.54, 1.807) is 31.2 Å². The predicted octanol–water partition coefficient (Wildman–Crippen LogP) is 9.02. The zero-order chi connectivity index (χ0) is 28.3. The average molecular weight is 833 g/mol. The molecule has 37 heavy (non-hydrogen) atoms. The molecule has 0 bridgehead atoms. The Bertz CT molecular complexity index is 1260. The van der Waals surface area contributed by atoms with Crippen LogP contribution < -0.4 is 0 Å². The van der Waals surface area contributed by atoms with E-state index in [1.165, 1.54) is 14.2 Å². The van der Waals surface area contributed by atoms with Crippen molar-refractivity contribution in [3.63, 3.8) is 0 Å². The third-order valence-corrected chi connectivity index (χ3v) is 7.16. The Balaban J connectivity index is 0.000000280. The van der Waals surface area contributed by atoms with Crippen LogP contribution in [0.15, 0.2) is 68.0 Å². The molecular weight excluding hydrogens is 810 g/mol. The standard InChI is InChI=1S/C9H7Br3O2.C9H9BrO2.C8H7BrO2/c1-14-9(13)7-4-5(10)2-3-6(7)8(11)12;1-6-3-4-7(10)5-8(6)9(11)12-2;1-5-2-3-6(9)4-7(5)8(10)11/h2-4,8H,1H3;3-5H,1-2H3;2-4H,1H3,(H,10,11)/i1+1;2+1;. The molecule has 1 N–H and O–H groups in total. The van der Waals surface area contributed by atoms with E-state index < -0.39 is 5.97 Å². The molecule has 0 aromatic heterocycles. The van der Waals surface area contributed by atoms with Crippen LogP contribution in [0.3, 0.4) is 0 Å². The highest BCUT2D eigenvalue weighted by Crippen LogP contribution is 2.33. The monoisotopic (exact) mass is 828 g/mol. The highest BCUT2D eigenvalue weighted by molar-refractivity contribution is 9.24. The summed E-state index contributed by atoms with van der Waals surface area (Å²) in [4.78, 5) is 33.1. The zero-order valence-electron chi connectivity index (χ0n) is 20.2. The van der Waals surface area contributed by atoms with E-state index in [0.29, 0.717) is 16.7 Å². The predicted molar refractivity (Wildman–Crippen MR) is 162 cm³/mol. The fraction of sp³-hybridized carbons (Fsp3) is 0.192. The third-order valence-electron chi connectivity index (χ3n) is 4.69. The molecule has 0 aliphatic carbocycles. The number of halogens is 5. The van der Waals surface area contributed by atoms with E-state index in [9.17, 15) is 14.4 Å². The van der Waals surface area contributed by atoms with Gasteiger partial charge in [-0.1, -0.05) is 97.8 Å². The molecular formula is C26H23Br5O6. The summed E-state index contributed by atoms with van der Waals surface area (Å²) in [6.07, 6.45) is 0. The molecule has 3 aromatic rings. The Morgan fingerprint density at radius 3 is 1.46 bits per heavy atom. The molecule has 0 saturated carbocycles. The van der Waals surface area contributed by atoms with Crippen molar-refractivity contribution in [3.8, 4) is 0 Å². The van der Waals surface area contributed by atoms with Gasteiger partial charge in [-0.15, -0.1) is 0 Å². The molecule has 0 saturated heterocycles. The number of rotatable bonds is 4. The third kappa shape index (κ3) is 11.0. The number of esters is 2. The molecule has 0 radical (unpaired) electrons. The van der Waals surface area contributed by atoms with Gasteiger partial charge < -0.3 is 14.6 Å². The maximum absolute atomic E-state index is 11.4. The van der Waals surface area contributed by atoms with Gasteiger partial charge >= 0.3 is 17.9 Å². The van der Waals surface area contributed by atoms with Crippen LogP contribution in [-0.2, 0) is 9.47 Å². The highest BCUT2D eigenvalue weighted by atomic mass is 79.9. The van der Waals surface area contributed by atoms with Gasteiger partial charge in [0.15, 0.2) is 0 Å². The van der Waals surface area contributed by atoms with Crippen molar-refractivity contribution in [2.45, 2.75) is 17.6 Å². The largest absolute Gasteiger partial charge is 0.478 e. The van der Waals surface area contributed by atoms with Crippen LogP contribution in [0.4, 0.5) is 0 Å². The minimum absolute atomic E-state index is 0.0581. The zero-order valence-corrected chi connectivity index (χ0v) is 28.1.